The maximum absolute atomic E-state index is 11.9. The van der Waals surface area contributed by atoms with Crippen LogP contribution >= 0.6 is 0 Å². The van der Waals surface area contributed by atoms with Crippen LogP contribution in [-0.4, -0.2) is 41.1 Å². The second-order valence-corrected chi connectivity index (χ2v) is 7.41. The van der Waals surface area contributed by atoms with Crippen LogP contribution in [0.2, 0.25) is 0 Å². The molecule has 0 aromatic carbocycles. The minimum Gasteiger partial charge on any atom is -0.332 e. The topological polar surface area (TPSA) is 55.2 Å². The van der Waals surface area contributed by atoms with Crippen molar-refractivity contribution in [1.82, 2.24) is 13.9 Å². The fourth-order valence-electron chi connectivity index (χ4n) is 2.69. The maximum Gasteiger partial charge on any atom is 0.213 e. The number of rotatable bonds is 5. The first kappa shape index (κ1) is 14.5. The highest BCUT2D eigenvalue weighted by Crippen LogP contribution is 2.28. The van der Waals surface area contributed by atoms with E-state index in [4.69, 9.17) is 0 Å². The van der Waals surface area contributed by atoms with Gasteiger partial charge in [0.05, 0.1) is 5.75 Å². The van der Waals surface area contributed by atoms with Crippen molar-refractivity contribution < 1.29 is 8.42 Å². The van der Waals surface area contributed by atoms with E-state index in [1.165, 1.54) is 0 Å². The summed E-state index contributed by atoms with van der Waals surface area (Å²) in [6.45, 7) is 8.06. The molecule has 0 radical (unpaired) electrons. The van der Waals surface area contributed by atoms with Crippen molar-refractivity contribution in [2.75, 3.05) is 18.8 Å². The zero-order valence-corrected chi connectivity index (χ0v) is 12.8. The van der Waals surface area contributed by atoms with Crippen LogP contribution in [0, 0.1) is 6.92 Å². The molecular formula is C13H23N3O2S. The lowest BCUT2D eigenvalue weighted by molar-refractivity contribution is 0.469. The van der Waals surface area contributed by atoms with Gasteiger partial charge in [-0.3, -0.25) is 0 Å². The van der Waals surface area contributed by atoms with Crippen LogP contribution < -0.4 is 0 Å². The van der Waals surface area contributed by atoms with Crippen LogP contribution in [0.4, 0.5) is 0 Å². The Morgan fingerprint density at radius 1 is 1.42 bits per heavy atom. The van der Waals surface area contributed by atoms with Gasteiger partial charge in [-0.05, 0) is 26.7 Å². The Bertz CT molecular complexity index is 536. The molecule has 0 amide bonds. The molecule has 1 aliphatic rings. The van der Waals surface area contributed by atoms with Gasteiger partial charge >= 0.3 is 0 Å². The van der Waals surface area contributed by atoms with Crippen molar-refractivity contribution >= 4 is 10.0 Å². The summed E-state index contributed by atoms with van der Waals surface area (Å²) < 4.78 is 27.6. The van der Waals surface area contributed by atoms with Crippen LogP contribution in [0.25, 0.3) is 0 Å². The van der Waals surface area contributed by atoms with Gasteiger partial charge in [-0.25, -0.2) is 17.7 Å². The SMILES string of the molecule is CCCn1c(C)cnc1C1CCN(S(=O)(=O)CC)C1. The number of aryl methyl sites for hydroxylation is 1. The molecule has 5 nitrogen and oxygen atoms in total. The van der Waals surface area contributed by atoms with E-state index >= 15 is 0 Å². The van der Waals surface area contributed by atoms with Gasteiger partial charge < -0.3 is 4.57 Å². The van der Waals surface area contributed by atoms with Crippen LogP contribution in [-0.2, 0) is 16.6 Å². The second kappa shape index (κ2) is 5.63. The van der Waals surface area contributed by atoms with Crippen molar-refractivity contribution in [2.24, 2.45) is 0 Å². The first-order valence-electron chi connectivity index (χ1n) is 6.99. The smallest absolute Gasteiger partial charge is 0.213 e. The third-order valence-corrected chi connectivity index (χ3v) is 5.66. The highest BCUT2D eigenvalue weighted by molar-refractivity contribution is 7.89. The molecule has 1 aromatic rings. The highest BCUT2D eigenvalue weighted by Gasteiger charge is 2.33. The number of nitrogens with zero attached hydrogens (tertiary/aromatic N) is 3. The second-order valence-electron chi connectivity index (χ2n) is 5.15. The van der Waals surface area contributed by atoms with Gasteiger partial charge in [-0.1, -0.05) is 6.92 Å². The molecular weight excluding hydrogens is 262 g/mol. The standard InChI is InChI=1S/C13H23N3O2S/c1-4-7-16-11(3)9-14-13(16)12-6-8-15(10-12)19(17,18)5-2/h9,12H,4-8,10H2,1-3H3. The van der Waals surface area contributed by atoms with Gasteiger partial charge in [0.2, 0.25) is 10.0 Å². The molecule has 1 unspecified atom stereocenters. The minimum absolute atomic E-state index is 0.183. The molecule has 0 saturated carbocycles. The van der Waals surface area contributed by atoms with Gasteiger partial charge in [0.15, 0.2) is 0 Å². The number of hydrogen-bond acceptors (Lipinski definition) is 3. The molecule has 0 spiro atoms. The predicted molar refractivity (Wildman–Crippen MR) is 75.6 cm³/mol. The molecule has 1 fully saturated rings. The first-order valence-corrected chi connectivity index (χ1v) is 8.60. The van der Waals surface area contributed by atoms with Crippen LogP contribution in [0.3, 0.4) is 0 Å². The lowest BCUT2D eigenvalue weighted by Crippen LogP contribution is -2.30. The average Bonchev–Trinajstić information content (AvgIpc) is 2.98. The summed E-state index contributed by atoms with van der Waals surface area (Å²) in [6, 6.07) is 0. The van der Waals surface area contributed by atoms with E-state index in [-0.39, 0.29) is 11.7 Å². The summed E-state index contributed by atoms with van der Waals surface area (Å²) in [5, 5.41) is 0. The van der Waals surface area contributed by atoms with Gasteiger partial charge in [-0.15, -0.1) is 0 Å². The minimum atomic E-state index is -3.06. The lowest BCUT2D eigenvalue weighted by atomic mass is 10.1. The van der Waals surface area contributed by atoms with Crippen molar-refractivity contribution in [3.05, 3.63) is 17.7 Å². The summed E-state index contributed by atoms with van der Waals surface area (Å²) in [7, 11) is -3.06. The lowest BCUT2D eigenvalue weighted by Gasteiger charge is -2.16. The van der Waals surface area contributed by atoms with Crippen LogP contribution in [0.1, 0.15) is 44.1 Å². The Balaban J connectivity index is 2.17. The van der Waals surface area contributed by atoms with Gasteiger partial charge in [0, 0.05) is 37.4 Å². The van der Waals surface area contributed by atoms with E-state index in [1.54, 1.807) is 11.2 Å². The molecule has 2 heterocycles. The molecule has 0 N–H and O–H groups in total. The Hall–Kier alpha value is -0.880. The molecule has 108 valence electrons. The number of imidazole rings is 1. The van der Waals surface area contributed by atoms with Crippen molar-refractivity contribution in [2.45, 2.75) is 46.1 Å². The zero-order valence-electron chi connectivity index (χ0n) is 12.0. The van der Waals surface area contributed by atoms with Crippen molar-refractivity contribution in [3.8, 4) is 0 Å². The van der Waals surface area contributed by atoms with Crippen molar-refractivity contribution in [1.29, 1.82) is 0 Å². The third kappa shape index (κ3) is 2.84. The van der Waals surface area contributed by atoms with Gasteiger partial charge in [0.1, 0.15) is 5.82 Å². The normalized spacial score (nSPS) is 21.1. The van der Waals surface area contributed by atoms with E-state index in [0.717, 1.165) is 30.9 Å². The molecule has 1 atom stereocenters. The molecule has 2 rings (SSSR count). The van der Waals surface area contributed by atoms with Crippen LogP contribution in [0.5, 0.6) is 0 Å². The average molecular weight is 285 g/mol. The summed E-state index contributed by atoms with van der Waals surface area (Å²) in [5.41, 5.74) is 1.16. The number of aromatic nitrogens is 2. The van der Waals surface area contributed by atoms with E-state index < -0.39 is 10.0 Å². The molecule has 0 bridgehead atoms. The summed E-state index contributed by atoms with van der Waals surface area (Å²) >= 11 is 0. The zero-order chi connectivity index (χ0) is 14.0. The Labute approximate surface area is 115 Å². The summed E-state index contributed by atoms with van der Waals surface area (Å²) in [4.78, 5) is 4.50. The van der Waals surface area contributed by atoms with Gasteiger partial charge in [-0.2, -0.15) is 0 Å². The largest absolute Gasteiger partial charge is 0.332 e. The molecule has 1 aromatic heterocycles. The van der Waals surface area contributed by atoms with E-state index in [0.29, 0.717) is 13.1 Å². The molecule has 0 aliphatic carbocycles. The summed E-state index contributed by atoms with van der Waals surface area (Å²) in [5.74, 6) is 1.47. The highest BCUT2D eigenvalue weighted by atomic mass is 32.2. The van der Waals surface area contributed by atoms with Crippen LogP contribution in [0.15, 0.2) is 6.20 Å². The number of sulfonamides is 1. The fraction of sp³-hybridized carbons (Fsp3) is 0.769. The molecule has 19 heavy (non-hydrogen) atoms. The Kier molecular flexibility index (Phi) is 4.30. The first-order chi connectivity index (χ1) is 8.99. The summed E-state index contributed by atoms with van der Waals surface area (Å²) in [6.07, 6.45) is 3.83. The number of hydrogen-bond donors (Lipinski definition) is 0. The third-order valence-electron chi connectivity index (χ3n) is 3.81. The van der Waals surface area contributed by atoms with Crippen molar-refractivity contribution in [3.63, 3.8) is 0 Å². The predicted octanol–water partition coefficient (Wildman–Crippen LogP) is 1.74. The van der Waals surface area contributed by atoms with E-state index in [1.807, 2.05) is 6.20 Å². The maximum atomic E-state index is 11.9. The van der Waals surface area contributed by atoms with E-state index in [9.17, 15) is 8.42 Å². The monoisotopic (exact) mass is 285 g/mol. The Morgan fingerprint density at radius 3 is 2.79 bits per heavy atom. The van der Waals surface area contributed by atoms with E-state index in [2.05, 4.69) is 23.4 Å². The quantitative estimate of drug-likeness (QED) is 0.828. The molecule has 1 saturated heterocycles. The Morgan fingerprint density at radius 2 is 2.16 bits per heavy atom. The molecule has 6 heteroatoms. The van der Waals surface area contributed by atoms with Gasteiger partial charge in [0.25, 0.3) is 0 Å². The molecule has 1 aliphatic heterocycles. The fourth-order valence-corrected chi connectivity index (χ4v) is 3.85.